The van der Waals surface area contributed by atoms with Crippen molar-refractivity contribution in [3.8, 4) is 0 Å². The van der Waals surface area contributed by atoms with Crippen LogP contribution < -0.4 is 9.80 Å². The van der Waals surface area contributed by atoms with Crippen molar-refractivity contribution in [2.45, 2.75) is 32.1 Å². The molecule has 0 unspecified atom stereocenters. The molecule has 0 atom stereocenters. The Balaban J connectivity index is 1.36. The van der Waals surface area contributed by atoms with Gasteiger partial charge in [0.1, 0.15) is 23.8 Å². The number of hydrogen-bond donors (Lipinski definition) is 0. The quantitative estimate of drug-likeness (QED) is 0.707. The molecule has 1 saturated carbocycles. The SMILES string of the molecule is CCc1cc(N2CCN(c3ncnc4ncccc34)CC2)nc(C2CC2)n1. The highest BCUT2D eigenvalue weighted by atomic mass is 15.3. The van der Waals surface area contributed by atoms with E-state index in [0.29, 0.717) is 5.92 Å². The number of pyridine rings is 1. The van der Waals surface area contributed by atoms with Crippen molar-refractivity contribution in [3.63, 3.8) is 0 Å². The first-order valence-electron chi connectivity index (χ1n) is 9.75. The fourth-order valence-electron chi connectivity index (χ4n) is 3.65. The summed E-state index contributed by atoms with van der Waals surface area (Å²) in [5, 5.41) is 1.01. The van der Waals surface area contributed by atoms with Gasteiger partial charge < -0.3 is 9.80 Å². The molecule has 2 aliphatic rings. The first-order chi connectivity index (χ1) is 13.3. The Kier molecular flexibility index (Phi) is 4.07. The second kappa shape index (κ2) is 6.72. The van der Waals surface area contributed by atoms with Crippen molar-refractivity contribution >= 4 is 22.7 Å². The van der Waals surface area contributed by atoms with Gasteiger partial charge in [-0.25, -0.2) is 24.9 Å². The Bertz CT molecular complexity index is 956. The first-order valence-corrected chi connectivity index (χ1v) is 9.75. The van der Waals surface area contributed by atoms with Gasteiger partial charge in [-0.3, -0.25) is 0 Å². The van der Waals surface area contributed by atoms with Gasteiger partial charge >= 0.3 is 0 Å². The Morgan fingerprint density at radius 2 is 1.81 bits per heavy atom. The molecule has 0 radical (unpaired) electrons. The molecule has 0 aromatic carbocycles. The van der Waals surface area contributed by atoms with Crippen LogP contribution in [0.5, 0.6) is 0 Å². The number of nitrogens with zero attached hydrogens (tertiary/aromatic N) is 7. The minimum Gasteiger partial charge on any atom is -0.353 e. The summed E-state index contributed by atoms with van der Waals surface area (Å²) in [6.45, 7) is 5.83. The summed E-state index contributed by atoms with van der Waals surface area (Å²) in [7, 11) is 0. The van der Waals surface area contributed by atoms with Crippen LogP contribution in [-0.4, -0.2) is 51.1 Å². The highest BCUT2D eigenvalue weighted by molar-refractivity contribution is 5.86. The molecule has 0 N–H and O–H groups in total. The van der Waals surface area contributed by atoms with E-state index in [4.69, 9.17) is 9.97 Å². The highest BCUT2D eigenvalue weighted by Gasteiger charge is 2.28. The zero-order valence-corrected chi connectivity index (χ0v) is 15.5. The Hall–Kier alpha value is -2.83. The van der Waals surface area contributed by atoms with Gasteiger partial charge in [0.05, 0.1) is 5.39 Å². The van der Waals surface area contributed by atoms with E-state index in [9.17, 15) is 0 Å². The Morgan fingerprint density at radius 1 is 1.00 bits per heavy atom. The van der Waals surface area contributed by atoms with E-state index in [0.717, 1.165) is 66.8 Å². The molecular weight excluding hydrogens is 338 g/mol. The van der Waals surface area contributed by atoms with Crippen molar-refractivity contribution in [3.05, 3.63) is 42.2 Å². The maximum Gasteiger partial charge on any atom is 0.164 e. The van der Waals surface area contributed by atoms with Crippen LogP contribution >= 0.6 is 0 Å². The van der Waals surface area contributed by atoms with E-state index in [1.54, 1.807) is 12.5 Å². The fourth-order valence-corrected chi connectivity index (χ4v) is 3.65. The molecule has 3 aromatic rings. The average Bonchev–Trinajstić information content (AvgIpc) is 3.59. The molecular formula is C20H23N7. The summed E-state index contributed by atoms with van der Waals surface area (Å²) in [5.41, 5.74) is 1.90. The van der Waals surface area contributed by atoms with Crippen LogP contribution in [0.2, 0.25) is 0 Å². The largest absolute Gasteiger partial charge is 0.353 e. The van der Waals surface area contributed by atoms with Crippen LogP contribution in [0, 0.1) is 0 Å². The summed E-state index contributed by atoms with van der Waals surface area (Å²) in [6.07, 6.45) is 6.80. The van der Waals surface area contributed by atoms with Crippen molar-refractivity contribution in [1.82, 2.24) is 24.9 Å². The predicted octanol–water partition coefficient (Wildman–Crippen LogP) is 2.58. The lowest BCUT2D eigenvalue weighted by Crippen LogP contribution is -2.47. The third-order valence-corrected chi connectivity index (χ3v) is 5.38. The molecule has 5 rings (SSSR count). The maximum atomic E-state index is 4.88. The average molecular weight is 361 g/mol. The van der Waals surface area contributed by atoms with E-state index in [1.165, 1.54) is 12.8 Å². The molecule has 0 amide bonds. The van der Waals surface area contributed by atoms with Crippen LogP contribution in [0.3, 0.4) is 0 Å². The summed E-state index contributed by atoms with van der Waals surface area (Å²) in [4.78, 5) is 27.5. The lowest BCUT2D eigenvalue weighted by Gasteiger charge is -2.36. The van der Waals surface area contributed by atoms with Gasteiger partial charge in [-0.1, -0.05) is 6.92 Å². The third kappa shape index (κ3) is 3.18. The van der Waals surface area contributed by atoms with Crippen LogP contribution in [0.1, 0.15) is 37.2 Å². The molecule has 27 heavy (non-hydrogen) atoms. The molecule has 4 heterocycles. The number of anilines is 2. The van der Waals surface area contributed by atoms with Crippen molar-refractivity contribution in [2.24, 2.45) is 0 Å². The zero-order chi connectivity index (χ0) is 18.2. The van der Waals surface area contributed by atoms with E-state index >= 15 is 0 Å². The number of piperazine rings is 1. The minimum atomic E-state index is 0.580. The van der Waals surface area contributed by atoms with Crippen LogP contribution in [0.15, 0.2) is 30.7 Å². The maximum absolute atomic E-state index is 4.88. The van der Waals surface area contributed by atoms with Gasteiger partial charge in [0, 0.05) is 50.1 Å². The first kappa shape index (κ1) is 16.4. The lowest BCUT2D eigenvalue weighted by atomic mass is 10.2. The molecule has 2 fully saturated rings. The topological polar surface area (TPSA) is 70.9 Å². The second-order valence-electron chi connectivity index (χ2n) is 7.25. The molecule has 1 aliphatic carbocycles. The van der Waals surface area contributed by atoms with E-state index in [1.807, 2.05) is 12.1 Å². The fraction of sp³-hybridized carbons (Fsp3) is 0.450. The Labute approximate surface area is 158 Å². The minimum absolute atomic E-state index is 0.580. The molecule has 1 aliphatic heterocycles. The van der Waals surface area contributed by atoms with Crippen molar-refractivity contribution < 1.29 is 0 Å². The zero-order valence-electron chi connectivity index (χ0n) is 15.5. The van der Waals surface area contributed by atoms with Gasteiger partial charge in [-0.15, -0.1) is 0 Å². The van der Waals surface area contributed by atoms with Crippen LogP contribution in [-0.2, 0) is 6.42 Å². The third-order valence-electron chi connectivity index (χ3n) is 5.38. The lowest BCUT2D eigenvalue weighted by molar-refractivity contribution is 0.639. The van der Waals surface area contributed by atoms with Gasteiger partial charge in [-0.2, -0.15) is 0 Å². The molecule has 7 heteroatoms. The summed E-state index contributed by atoms with van der Waals surface area (Å²) in [5.74, 6) is 3.68. The van der Waals surface area contributed by atoms with Gasteiger partial charge in [0.2, 0.25) is 0 Å². The van der Waals surface area contributed by atoms with Gasteiger partial charge in [-0.05, 0) is 31.4 Å². The summed E-state index contributed by atoms with van der Waals surface area (Å²) >= 11 is 0. The van der Waals surface area contributed by atoms with Gasteiger partial charge in [0.25, 0.3) is 0 Å². The van der Waals surface area contributed by atoms with E-state index in [-0.39, 0.29) is 0 Å². The van der Waals surface area contributed by atoms with Crippen LogP contribution in [0.4, 0.5) is 11.6 Å². The molecule has 3 aromatic heterocycles. The smallest absolute Gasteiger partial charge is 0.164 e. The van der Waals surface area contributed by atoms with Crippen molar-refractivity contribution in [2.75, 3.05) is 36.0 Å². The molecule has 7 nitrogen and oxygen atoms in total. The number of fused-ring (bicyclic) bond motifs is 1. The normalized spacial score (nSPS) is 17.5. The monoisotopic (exact) mass is 361 g/mol. The summed E-state index contributed by atoms with van der Waals surface area (Å²) in [6, 6.07) is 6.15. The number of aryl methyl sites for hydroxylation is 1. The van der Waals surface area contributed by atoms with Crippen LogP contribution in [0.25, 0.3) is 11.0 Å². The van der Waals surface area contributed by atoms with E-state index < -0.39 is 0 Å². The second-order valence-corrected chi connectivity index (χ2v) is 7.25. The van der Waals surface area contributed by atoms with Crippen molar-refractivity contribution in [1.29, 1.82) is 0 Å². The molecule has 1 saturated heterocycles. The predicted molar refractivity (Wildman–Crippen MR) is 105 cm³/mol. The number of rotatable bonds is 4. The molecule has 138 valence electrons. The Morgan fingerprint density at radius 3 is 2.59 bits per heavy atom. The molecule has 0 bridgehead atoms. The highest BCUT2D eigenvalue weighted by Crippen LogP contribution is 2.38. The molecule has 0 spiro atoms. The van der Waals surface area contributed by atoms with E-state index in [2.05, 4.69) is 37.7 Å². The number of hydrogen-bond acceptors (Lipinski definition) is 7. The number of aromatic nitrogens is 5. The van der Waals surface area contributed by atoms with Gasteiger partial charge in [0.15, 0.2) is 5.65 Å². The standard InChI is InChI=1S/C20H23N7/c1-2-15-12-17(25-18(24-15)14-5-6-14)26-8-10-27(11-9-26)20-16-4-3-7-21-19(16)22-13-23-20/h3-4,7,12-14H,2,5-6,8-11H2,1H3. The summed E-state index contributed by atoms with van der Waals surface area (Å²) < 4.78 is 0.